The van der Waals surface area contributed by atoms with Gasteiger partial charge in [-0.2, -0.15) is 5.10 Å². The summed E-state index contributed by atoms with van der Waals surface area (Å²) in [6, 6.07) is 6.11. The first-order valence-corrected chi connectivity index (χ1v) is 7.20. The molecule has 2 N–H and O–H groups in total. The summed E-state index contributed by atoms with van der Waals surface area (Å²) in [6.45, 7) is 5.03. The normalized spacial score (nSPS) is 12.2. The Bertz CT molecular complexity index is 579. The van der Waals surface area contributed by atoms with E-state index in [1.807, 2.05) is 45.3 Å². The second kappa shape index (κ2) is 7.13. The van der Waals surface area contributed by atoms with Crippen LogP contribution in [0.4, 0.5) is 0 Å². The average molecular weight is 289 g/mol. The zero-order chi connectivity index (χ0) is 15.2. The molecule has 0 fully saturated rings. The van der Waals surface area contributed by atoms with E-state index in [1.165, 1.54) is 0 Å². The van der Waals surface area contributed by atoms with Gasteiger partial charge in [0, 0.05) is 24.8 Å². The fraction of sp³-hybridized carbons (Fsp3) is 0.438. The van der Waals surface area contributed by atoms with Crippen LogP contribution in [0.5, 0.6) is 11.5 Å². The van der Waals surface area contributed by atoms with Crippen LogP contribution in [-0.2, 0) is 20.1 Å². The predicted molar refractivity (Wildman–Crippen MR) is 82.5 cm³/mol. The summed E-state index contributed by atoms with van der Waals surface area (Å²) in [5.74, 6) is 1.51. The summed E-state index contributed by atoms with van der Waals surface area (Å²) in [7, 11) is 1.89. The van der Waals surface area contributed by atoms with Crippen LogP contribution in [-0.4, -0.2) is 22.4 Å². The van der Waals surface area contributed by atoms with Crippen molar-refractivity contribution in [3.63, 3.8) is 0 Å². The van der Waals surface area contributed by atoms with Gasteiger partial charge in [0.25, 0.3) is 0 Å². The Labute approximate surface area is 125 Å². The molecule has 0 aliphatic rings. The highest BCUT2D eigenvalue weighted by atomic mass is 16.5. The molecule has 0 aliphatic carbocycles. The van der Waals surface area contributed by atoms with Crippen LogP contribution in [0.15, 0.2) is 30.6 Å². The molecular formula is C16H23N3O2. The van der Waals surface area contributed by atoms with Gasteiger partial charge < -0.3 is 15.2 Å². The Kier molecular flexibility index (Phi) is 5.22. The number of nitrogens with two attached hydrogens (primary N) is 1. The zero-order valence-corrected chi connectivity index (χ0v) is 12.9. The van der Waals surface area contributed by atoms with Gasteiger partial charge in [-0.25, -0.2) is 0 Å². The molecule has 0 saturated carbocycles. The summed E-state index contributed by atoms with van der Waals surface area (Å²) < 4.78 is 13.3. The standard InChI is InChI=1S/C16H23N3O2/c1-4-20-16-8-13(7-12(2)17)5-6-15(16)21-11-14-9-18-19(3)10-14/h5-6,8-10,12H,4,7,11,17H2,1-3H3. The van der Waals surface area contributed by atoms with E-state index < -0.39 is 0 Å². The van der Waals surface area contributed by atoms with Gasteiger partial charge in [0.2, 0.25) is 0 Å². The number of aryl methyl sites for hydroxylation is 1. The lowest BCUT2D eigenvalue weighted by atomic mass is 10.1. The maximum atomic E-state index is 5.84. The second-order valence-corrected chi connectivity index (χ2v) is 5.21. The zero-order valence-electron chi connectivity index (χ0n) is 12.9. The number of hydrogen-bond acceptors (Lipinski definition) is 4. The minimum absolute atomic E-state index is 0.127. The fourth-order valence-corrected chi connectivity index (χ4v) is 2.15. The van der Waals surface area contributed by atoms with Crippen molar-refractivity contribution in [2.45, 2.75) is 32.9 Å². The van der Waals surface area contributed by atoms with Crippen molar-refractivity contribution in [2.24, 2.45) is 12.8 Å². The van der Waals surface area contributed by atoms with Crippen molar-refractivity contribution in [1.82, 2.24) is 9.78 Å². The molecule has 0 amide bonds. The first kappa shape index (κ1) is 15.4. The largest absolute Gasteiger partial charge is 0.490 e. The lowest BCUT2D eigenvalue weighted by molar-refractivity contribution is 0.269. The molecule has 1 aromatic heterocycles. The SMILES string of the molecule is CCOc1cc(CC(C)N)ccc1OCc1cnn(C)c1. The van der Waals surface area contributed by atoms with Crippen molar-refractivity contribution >= 4 is 0 Å². The topological polar surface area (TPSA) is 62.3 Å². The Hall–Kier alpha value is -2.01. The summed E-state index contributed by atoms with van der Waals surface area (Å²) >= 11 is 0. The Morgan fingerprint density at radius 2 is 2.05 bits per heavy atom. The third kappa shape index (κ3) is 4.49. The van der Waals surface area contributed by atoms with Gasteiger partial charge in [0.15, 0.2) is 11.5 Å². The van der Waals surface area contributed by atoms with Crippen molar-refractivity contribution in [1.29, 1.82) is 0 Å². The van der Waals surface area contributed by atoms with Gasteiger partial charge in [0.1, 0.15) is 6.61 Å². The Balaban J connectivity index is 2.09. The van der Waals surface area contributed by atoms with Crippen molar-refractivity contribution in [3.05, 3.63) is 41.7 Å². The first-order chi connectivity index (χ1) is 10.1. The molecule has 0 aliphatic heterocycles. The molecule has 2 rings (SSSR count). The molecule has 21 heavy (non-hydrogen) atoms. The third-order valence-electron chi connectivity index (χ3n) is 3.02. The molecule has 2 aromatic rings. The number of aromatic nitrogens is 2. The van der Waals surface area contributed by atoms with E-state index in [1.54, 1.807) is 10.9 Å². The van der Waals surface area contributed by atoms with Gasteiger partial charge in [-0.15, -0.1) is 0 Å². The highest BCUT2D eigenvalue weighted by Gasteiger charge is 2.08. The van der Waals surface area contributed by atoms with E-state index in [4.69, 9.17) is 15.2 Å². The lowest BCUT2D eigenvalue weighted by Gasteiger charge is -2.14. The van der Waals surface area contributed by atoms with E-state index in [0.29, 0.717) is 13.2 Å². The summed E-state index contributed by atoms with van der Waals surface area (Å²) in [5.41, 5.74) is 8.02. The summed E-state index contributed by atoms with van der Waals surface area (Å²) in [6.07, 6.45) is 4.55. The minimum Gasteiger partial charge on any atom is -0.490 e. The smallest absolute Gasteiger partial charge is 0.161 e. The monoisotopic (exact) mass is 289 g/mol. The predicted octanol–water partition coefficient (Wildman–Crippen LogP) is 2.29. The number of hydrogen-bond donors (Lipinski definition) is 1. The van der Waals surface area contributed by atoms with Crippen molar-refractivity contribution in [3.8, 4) is 11.5 Å². The van der Waals surface area contributed by atoms with Crippen molar-refractivity contribution < 1.29 is 9.47 Å². The van der Waals surface area contributed by atoms with Crippen molar-refractivity contribution in [2.75, 3.05) is 6.61 Å². The molecule has 5 nitrogen and oxygen atoms in total. The number of benzene rings is 1. The highest BCUT2D eigenvalue weighted by molar-refractivity contribution is 5.43. The van der Waals surface area contributed by atoms with Gasteiger partial charge in [-0.05, 0) is 38.0 Å². The molecule has 1 aromatic carbocycles. The maximum absolute atomic E-state index is 5.84. The quantitative estimate of drug-likeness (QED) is 0.849. The van der Waals surface area contributed by atoms with E-state index >= 15 is 0 Å². The number of nitrogens with zero attached hydrogens (tertiary/aromatic N) is 2. The molecule has 0 bridgehead atoms. The van der Waals surface area contributed by atoms with Crippen LogP contribution < -0.4 is 15.2 Å². The van der Waals surface area contributed by atoms with E-state index in [-0.39, 0.29) is 6.04 Å². The Morgan fingerprint density at radius 1 is 1.24 bits per heavy atom. The van der Waals surface area contributed by atoms with Crippen LogP contribution in [0.3, 0.4) is 0 Å². The fourth-order valence-electron chi connectivity index (χ4n) is 2.15. The van der Waals surface area contributed by atoms with Crippen LogP contribution in [0, 0.1) is 0 Å². The molecule has 0 saturated heterocycles. The molecule has 0 radical (unpaired) electrons. The molecular weight excluding hydrogens is 266 g/mol. The van der Waals surface area contributed by atoms with Gasteiger partial charge in [0.05, 0.1) is 12.8 Å². The highest BCUT2D eigenvalue weighted by Crippen LogP contribution is 2.29. The van der Waals surface area contributed by atoms with E-state index in [9.17, 15) is 0 Å². The summed E-state index contributed by atoms with van der Waals surface area (Å²) in [5, 5.41) is 4.13. The van der Waals surface area contributed by atoms with Crippen LogP contribution in [0.25, 0.3) is 0 Å². The van der Waals surface area contributed by atoms with E-state index in [0.717, 1.165) is 29.0 Å². The molecule has 114 valence electrons. The summed E-state index contributed by atoms with van der Waals surface area (Å²) in [4.78, 5) is 0. The molecule has 1 atom stereocenters. The lowest BCUT2D eigenvalue weighted by Crippen LogP contribution is -2.17. The van der Waals surface area contributed by atoms with Crippen LogP contribution in [0.1, 0.15) is 25.0 Å². The molecule has 1 heterocycles. The third-order valence-corrected chi connectivity index (χ3v) is 3.02. The van der Waals surface area contributed by atoms with Crippen LogP contribution in [0.2, 0.25) is 0 Å². The maximum Gasteiger partial charge on any atom is 0.161 e. The van der Waals surface area contributed by atoms with Gasteiger partial charge in [-0.1, -0.05) is 6.07 Å². The number of rotatable bonds is 7. The molecule has 0 spiro atoms. The van der Waals surface area contributed by atoms with Gasteiger partial charge >= 0.3 is 0 Å². The molecule has 5 heteroatoms. The van der Waals surface area contributed by atoms with Crippen LogP contribution >= 0.6 is 0 Å². The van der Waals surface area contributed by atoms with E-state index in [2.05, 4.69) is 5.10 Å². The number of ether oxygens (including phenoxy) is 2. The first-order valence-electron chi connectivity index (χ1n) is 7.20. The Morgan fingerprint density at radius 3 is 2.67 bits per heavy atom. The average Bonchev–Trinajstić information content (AvgIpc) is 2.83. The second-order valence-electron chi connectivity index (χ2n) is 5.21. The minimum atomic E-state index is 0.127. The molecule has 1 unspecified atom stereocenters. The van der Waals surface area contributed by atoms with Gasteiger partial charge in [-0.3, -0.25) is 4.68 Å².